The molecule has 0 aromatic heterocycles. The molecule has 6 heteroatoms. The molecule has 0 saturated carbocycles. The number of carboxylic acid groups (broad SMARTS) is 1. The molecule has 0 radical (unpaired) electrons. The van der Waals surface area contributed by atoms with E-state index < -0.39 is 29.8 Å². The van der Waals surface area contributed by atoms with Crippen molar-refractivity contribution in [2.45, 2.75) is 32.4 Å². The van der Waals surface area contributed by atoms with E-state index >= 15 is 0 Å². The number of carboxylic acids is 1. The number of ether oxygens (including phenoxy) is 1. The number of benzene rings is 1. The Morgan fingerprint density at radius 1 is 1.35 bits per heavy atom. The van der Waals surface area contributed by atoms with E-state index in [9.17, 15) is 14.0 Å². The standard InChI is InChI=1S/C14H18FNO4/c1-4-12(14(18)19)16(3)13(17)9(2)20-11-7-5-10(15)6-8-11/h5-9,12H,4H2,1-3H3,(H,18,19). The minimum Gasteiger partial charge on any atom is -0.481 e. The zero-order chi connectivity index (χ0) is 15.3. The highest BCUT2D eigenvalue weighted by molar-refractivity contribution is 5.86. The minimum atomic E-state index is -1.06. The smallest absolute Gasteiger partial charge is 0.326 e. The van der Waals surface area contributed by atoms with Gasteiger partial charge in [-0.25, -0.2) is 9.18 Å². The molecule has 0 aliphatic rings. The van der Waals surface area contributed by atoms with Crippen molar-refractivity contribution in [3.05, 3.63) is 30.1 Å². The summed E-state index contributed by atoms with van der Waals surface area (Å²) in [6.45, 7) is 3.21. The van der Waals surface area contributed by atoms with Gasteiger partial charge in [0.15, 0.2) is 6.10 Å². The maximum Gasteiger partial charge on any atom is 0.326 e. The van der Waals surface area contributed by atoms with E-state index in [2.05, 4.69) is 0 Å². The van der Waals surface area contributed by atoms with Crippen LogP contribution in [0.2, 0.25) is 0 Å². The van der Waals surface area contributed by atoms with E-state index in [1.54, 1.807) is 6.92 Å². The second kappa shape index (κ2) is 6.88. The summed E-state index contributed by atoms with van der Waals surface area (Å²) in [5.74, 6) is -1.55. The van der Waals surface area contributed by atoms with Gasteiger partial charge < -0.3 is 14.7 Å². The second-order valence-electron chi connectivity index (χ2n) is 4.43. The van der Waals surface area contributed by atoms with Gasteiger partial charge in [-0.1, -0.05) is 6.92 Å². The molecule has 0 saturated heterocycles. The molecule has 5 nitrogen and oxygen atoms in total. The van der Waals surface area contributed by atoms with Crippen molar-refractivity contribution < 1.29 is 23.8 Å². The summed E-state index contributed by atoms with van der Waals surface area (Å²) in [5.41, 5.74) is 0. The molecule has 0 aliphatic heterocycles. The van der Waals surface area contributed by atoms with Gasteiger partial charge in [0.05, 0.1) is 0 Å². The third-order valence-electron chi connectivity index (χ3n) is 2.96. The van der Waals surface area contributed by atoms with Crippen LogP contribution in [0, 0.1) is 5.82 Å². The SMILES string of the molecule is CCC(C(=O)O)N(C)C(=O)C(C)Oc1ccc(F)cc1. The number of amides is 1. The Bertz CT molecular complexity index is 475. The average Bonchev–Trinajstić information content (AvgIpc) is 2.40. The highest BCUT2D eigenvalue weighted by atomic mass is 19.1. The number of carbonyl (C=O) groups excluding carboxylic acids is 1. The van der Waals surface area contributed by atoms with Crippen LogP contribution in [0.3, 0.4) is 0 Å². The Morgan fingerprint density at radius 3 is 2.35 bits per heavy atom. The highest BCUT2D eigenvalue weighted by Crippen LogP contribution is 2.14. The number of hydrogen-bond acceptors (Lipinski definition) is 3. The summed E-state index contributed by atoms with van der Waals surface area (Å²) < 4.78 is 18.1. The number of carbonyl (C=O) groups is 2. The first-order chi connectivity index (χ1) is 9.36. The predicted octanol–water partition coefficient (Wildman–Crippen LogP) is 1.91. The van der Waals surface area contributed by atoms with E-state index in [1.807, 2.05) is 0 Å². The molecule has 20 heavy (non-hydrogen) atoms. The van der Waals surface area contributed by atoms with Crippen molar-refractivity contribution in [1.29, 1.82) is 0 Å². The number of halogens is 1. The number of hydrogen-bond donors (Lipinski definition) is 1. The third kappa shape index (κ3) is 3.94. The zero-order valence-corrected chi connectivity index (χ0v) is 11.7. The van der Waals surface area contributed by atoms with Crippen molar-refractivity contribution >= 4 is 11.9 Å². The molecular formula is C14H18FNO4. The fourth-order valence-corrected chi connectivity index (χ4v) is 1.82. The summed E-state index contributed by atoms with van der Waals surface area (Å²) in [5, 5.41) is 9.02. The van der Waals surface area contributed by atoms with Crippen LogP contribution in [0.4, 0.5) is 4.39 Å². The van der Waals surface area contributed by atoms with Crippen LogP contribution in [-0.2, 0) is 9.59 Å². The van der Waals surface area contributed by atoms with Crippen LogP contribution in [0.1, 0.15) is 20.3 Å². The lowest BCUT2D eigenvalue weighted by atomic mass is 10.2. The van der Waals surface area contributed by atoms with Gasteiger partial charge in [0.1, 0.15) is 17.6 Å². The fraction of sp³-hybridized carbons (Fsp3) is 0.429. The Balaban J connectivity index is 2.71. The largest absolute Gasteiger partial charge is 0.481 e. The maximum absolute atomic E-state index is 12.8. The number of likely N-dealkylation sites (N-methyl/N-ethyl adjacent to an activating group) is 1. The first-order valence-corrected chi connectivity index (χ1v) is 6.28. The summed E-state index contributed by atoms with van der Waals surface area (Å²) in [4.78, 5) is 24.3. The summed E-state index contributed by atoms with van der Waals surface area (Å²) >= 11 is 0. The second-order valence-corrected chi connectivity index (χ2v) is 4.43. The lowest BCUT2D eigenvalue weighted by Gasteiger charge is -2.26. The van der Waals surface area contributed by atoms with Gasteiger partial charge in [-0.2, -0.15) is 0 Å². The molecule has 2 unspecified atom stereocenters. The molecular weight excluding hydrogens is 265 g/mol. The van der Waals surface area contributed by atoms with Crippen molar-refractivity contribution in [2.24, 2.45) is 0 Å². The van der Waals surface area contributed by atoms with Gasteiger partial charge >= 0.3 is 5.97 Å². The zero-order valence-electron chi connectivity index (χ0n) is 11.7. The van der Waals surface area contributed by atoms with E-state index in [4.69, 9.17) is 9.84 Å². The van der Waals surface area contributed by atoms with Gasteiger partial charge in [-0.15, -0.1) is 0 Å². The molecule has 0 aliphatic carbocycles. The van der Waals surface area contributed by atoms with Crippen LogP contribution in [0.15, 0.2) is 24.3 Å². The Kier molecular flexibility index (Phi) is 5.49. The summed E-state index contributed by atoms with van der Waals surface area (Å²) in [7, 11) is 1.43. The van der Waals surface area contributed by atoms with Gasteiger partial charge in [0, 0.05) is 7.05 Å². The molecule has 0 bridgehead atoms. The molecule has 1 N–H and O–H groups in total. The molecule has 0 spiro atoms. The Hall–Kier alpha value is -2.11. The fourth-order valence-electron chi connectivity index (χ4n) is 1.82. The van der Waals surface area contributed by atoms with Crippen LogP contribution >= 0.6 is 0 Å². The lowest BCUT2D eigenvalue weighted by molar-refractivity contribution is -0.151. The summed E-state index contributed by atoms with van der Waals surface area (Å²) in [6, 6.07) is 4.38. The molecule has 1 aromatic rings. The van der Waals surface area contributed by atoms with Gasteiger partial charge in [-0.3, -0.25) is 4.79 Å². The quantitative estimate of drug-likeness (QED) is 0.866. The van der Waals surface area contributed by atoms with Gasteiger partial charge in [0.25, 0.3) is 5.91 Å². The Morgan fingerprint density at radius 2 is 1.90 bits per heavy atom. The molecule has 2 atom stereocenters. The van der Waals surface area contributed by atoms with Crippen LogP contribution in [-0.4, -0.2) is 41.1 Å². The molecule has 1 amide bonds. The monoisotopic (exact) mass is 283 g/mol. The third-order valence-corrected chi connectivity index (χ3v) is 2.96. The van der Waals surface area contributed by atoms with Crippen molar-refractivity contribution in [2.75, 3.05) is 7.05 Å². The maximum atomic E-state index is 12.8. The average molecular weight is 283 g/mol. The van der Waals surface area contributed by atoms with E-state index in [0.717, 1.165) is 4.90 Å². The van der Waals surface area contributed by atoms with Crippen LogP contribution in [0.5, 0.6) is 5.75 Å². The van der Waals surface area contributed by atoms with E-state index in [-0.39, 0.29) is 0 Å². The predicted molar refractivity (Wildman–Crippen MR) is 71.0 cm³/mol. The van der Waals surface area contributed by atoms with Gasteiger partial charge in [0.2, 0.25) is 0 Å². The first-order valence-electron chi connectivity index (χ1n) is 6.28. The first kappa shape index (κ1) is 15.9. The topological polar surface area (TPSA) is 66.8 Å². The lowest BCUT2D eigenvalue weighted by Crippen LogP contribution is -2.47. The molecule has 1 aromatic carbocycles. The van der Waals surface area contributed by atoms with Crippen molar-refractivity contribution in [3.8, 4) is 5.75 Å². The molecule has 1 rings (SSSR count). The molecule has 110 valence electrons. The van der Waals surface area contributed by atoms with Crippen LogP contribution < -0.4 is 4.74 Å². The van der Waals surface area contributed by atoms with E-state index in [1.165, 1.54) is 38.2 Å². The molecule has 0 fully saturated rings. The van der Waals surface area contributed by atoms with Crippen LogP contribution in [0.25, 0.3) is 0 Å². The van der Waals surface area contributed by atoms with Crippen molar-refractivity contribution in [3.63, 3.8) is 0 Å². The van der Waals surface area contributed by atoms with Crippen molar-refractivity contribution in [1.82, 2.24) is 4.90 Å². The van der Waals surface area contributed by atoms with Gasteiger partial charge in [-0.05, 0) is 37.6 Å². The van der Waals surface area contributed by atoms with E-state index in [0.29, 0.717) is 12.2 Å². The molecule has 0 heterocycles. The number of aliphatic carboxylic acids is 1. The Labute approximate surface area is 117 Å². The number of nitrogens with zero attached hydrogens (tertiary/aromatic N) is 1. The number of rotatable bonds is 6. The minimum absolute atomic E-state index is 0.306. The normalized spacial score (nSPS) is 13.4. The summed E-state index contributed by atoms with van der Waals surface area (Å²) in [6.07, 6.45) is -0.542. The highest BCUT2D eigenvalue weighted by Gasteiger charge is 2.28.